The van der Waals surface area contributed by atoms with Crippen LogP contribution in [0.3, 0.4) is 0 Å². The highest BCUT2D eigenvalue weighted by atomic mass is 16.6. The number of methoxy groups -OCH3 is 1. The Morgan fingerprint density at radius 2 is 1.92 bits per heavy atom. The van der Waals surface area contributed by atoms with Crippen LogP contribution in [-0.2, 0) is 11.8 Å². The van der Waals surface area contributed by atoms with E-state index >= 15 is 0 Å². The molecule has 26 heavy (non-hydrogen) atoms. The summed E-state index contributed by atoms with van der Waals surface area (Å²) in [7, 11) is 1.71. The van der Waals surface area contributed by atoms with Crippen molar-refractivity contribution in [2.24, 2.45) is 0 Å². The van der Waals surface area contributed by atoms with Gasteiger partial charge in [0, 0.05) is 37.2 Å². The number of nitrogens with zero attached hydrogens (tertiary/aromatic N) is 2. The average molecular weight is 354 g/mol. The van der Waals surface area contributed by atoms with Gasteiger partial charge in [-0.1, -0.05) is 37.6 Å². The number of ether oxygens (including phenoxy) is 1. The number of likely N-dealkylation sites (tertiary alicyclic amines) is 1. The molecule has 5 nitrogen and oxygen atoms in total. The lowest BCUT2D eigenvalue weighted by Gasteiger charge is -2.51. The van der Waals surface area contributed by atoms with Crippen molar-refractivity contribution in [3.05, 3.63) is 69.8 Å². The van der Waals surface area contributed by atoms with Crippen LogP contribution in [0.25, 0.3) is 0 Å². The van der Waals surface area contributed by atoms with Gasteiger partial charge in [-0.05, 0) is 36.1 Å². The minimum absolute atomic E-state index is 0.151. The first-order valence-corrected chi connectivity index (χ1v) is 9.16. The van der Waals surface area contributed by atoms with Crippen LogP contribution < -0.4 is 4.74 Å². The quantitative estimate of drug-likeness (QED) is 0.527. The summed E-state index contributed by atoms with van der Waals surface area (Å²) in [4.78, 5) is 12.8. The molecule has 3 rings (SSSR count). The molecular formula is C21H26N2O3. The Kier molecular flexibility index (Phi) is 5.57. The molecule has 1 heterocycles. The van der Waals surface area contributed by atoms with Crippen molar-refractivity contribution >= 4 is 5.69 Å². The second-order valence-electron chi connectivity index (χ2n) is 7.15. The van der Waals surface area contributed by atoms with Crippen LogP contribution >= 0.6 is 0 Å². The summed E-state index contributed by atoms with van der Waals surface area (Å²) >= 11 is 0. The summed E-state index contributed by atoms with van der Waals surface area (Å²) in [5.74, 6) is 0.919. The van der Waals surface area contributed by atoms with Crippen LogP contribution in [0.5, 0.6) is 5.75 Å². The summed E-state index contributed by atoms with van der Waals surface area (Å²) < 4.78 is 5.39. The molecule has 0 radical (unpaired) electrons. The fourth-order valence-electron chi connectivity index (χ4n) is 3.96. The van der Waals surface area contributed by atoms with E-state index in [9.17, 15) is 10.1 Å². The highest BCUT2D eigenvalue weighted by Gasteiger charge is 2.43. The SMILES string of the molecule is CCCC1(c2cccc(OC)c2)CN(CCc2ccc([N+](=O)[O-])cc2)C1. The number of non-ortho nitro benzene ring substituents is 1. The van der Waals surface area contributed by atoms with Gasteiger partial charge in [-0.2, -0.15) is 0 Å². The smallest absolute Gasteiger partial charge is 0.269 e. The molecule has 2 aromatic rings. The first-order valence-electron chi connectivity index (χ1n) is 9.16. The molecule has 0 N–H and O–H groups in total. The highest BCUT2D eigenvalue weighted by molar-refractivity contribution is 5.37. The van der Waals surface area contributed by atoms with Crippen LogP contribution in [0.4, 0.5) is 5.69 Å². The van der Waals surface area contributed by atoms with E-state index in [-0.39, 0.29) is 16.0 Å². The highest BCUT2D eigenvalue weighted by Crippen LogP contribution is 2.39. The van der Waals surface area contributed by atoms with E-state index in [2.05, 4.69) is 30.0 Å². The third kappa shape index (κ3) is 3.88. The fraction of sp³-hybridized carbons (Fsp3) is 0.429. The number of benzene rings is 2. The summed E-state index contributed by atoms with van der Waals surface area (Å²) in [6, 6.07) is 15.3. The van der Waals surface area contributed by atoms with Gasteiger partial charge in [-0.15, -0.1) is 0 Å². The van der Waals surface area contributed by atoms with Crippen molar-refractivity contribution in [2.45, 2.75) is 31.6 Å². The van der Waals surface area contributed by atoms with E-state index in [1.54, 1.807) is 19.2 Å². The van der Waals surface area contributed by atoms with Crippen molar-refractivity contribution in [1.29, 1.82) is 0 Å². The molecule has 5 heteroatoms. The maximum absolute atomic E-state index is 10.7. The molecule has 138 valence electrons. The first-order chi connectivity index (χ1) is 12.6. The second kappa shape index (κ2) is 7.87. The molecular weight excluding hydrogens is 328 g/mol. The van der Waals surface area contributed by atoms with E-state index in [1.165, 1.54) is 12.0 Å². The number of nitro benzene ring substituents is 1. The van der Waals surface area contributed by atoms with Gasteiger partial charge >= 0.3 is 0 Å². The zero-order valence-corrected chi connectivity index (χ0v) is 15.5. The molecule has 0 bridgehead atoms. The number of nitro groups is 1. The summed E-state index contributed by atoms with van der Waals surface area (Å²) in [5.41, 5.74) is 2.88. The Hall–Kier alpha value is -2.40. The Balaban J connectivity index is 1.60. The molecule has 0 spiro atoms. The molecule has 1 aliphatic rings. The topological polar surface area (TPSA) is 55.6 Å². The van der Waals surface area contributed by atoms with Gasteiger partial charge in [0.15, 0.2) is 0 Å². The minimum Gasteiger partial charge on any atom is -0.497 e. The van der Waals surface area contributed by atoms with Crippen LogP contribution in [0.15, 0.2) is 48.5 Å². The molecule has 1 saturated heterocycles. The Morgan fingerprint density at radius 1 is 1.19 bits per heavy atom. The van der Waals surface area contributed by atoms with Gasteiger partial charge in [0.1, 0.15) is 5.75 Å². The van der Waals surface area contributed by atoms with E-state index < -0.39 is 0 Å². The minimum atomic E-state index is -0.355. The number of hydrogen-bond donors (Lipinski definition) is 0. The summed E-state index contributed by atoms with van der Waals surface area (Å²) in [6.45, 7) is 5.33. The third-order valence-electron chi connectivity index (χ3n) is 5.33. The van der Waals surface area contributed by atoms with E-state index in [1.807, 2.05) is 18.2 Å². The van der Waals surface area contributed by atoms with Crippen molar-refractivity contribution in [1.82, 2.24) is 4.90 Å². The van der Waals surface area contributed by atoms with Gasteiger partial charge in [0.05, 0.1) is 12.0 Å². The van der Waals surface area contributed by atoms with Gasteiger partial charge in [0.2, 0.25) is 0 Å². The van der Waals surface area contributed by atoms with Crippen LogP contribution in [0, 0.1) is 10.1 Å². The fourth-order valence-corrected chi connectivity index (χ4v) is 3.96. The maximum Gasteiger partial charge on any atom is 0.269 e. The Labute approximate surface area is 154 Å². The maximum atomic E-state index is 10.7. The molecule has 1 fully saturated rings. The Morgan fingerprint density at radius 3 is 2.54 bits per heavy atom. The van der Waals surface area contributed by atoms with E-state index in [0.29, 0.717) is 0 Å². The molecule has 1 aliphatic heterocycles. The molecule has 0 saturated carbocycles. The summed E-state index contributed by atoms with van der Waals surface area (Å²) in [6.07, 6.45) is 3.25. The molecule has 0 unspecified atom stereocenters. The zero-order valence-electron chi connectivity index (χ0n) is 15.5. The number of hydrogen-bond acceptors (Lipinski definition) is 4. The molecule has 0 atom stereocenters. The van der Waals surface area contributed by atoms with Crippen molar-refractivity contribution in [3.8, 4) is 5.75 Å². The molecule has 2 aromatic carbocycles. The van der Waals surface area contributed by atoms with Crippen LogP contribution in [-0.4, -0.2) is 36.6 Å². The monoisotopic (exact) mass is 354 g/mol. The Bertz CT molecular complexity index is 752. The lowest BCUT2D eigenvalue weighted by atomic mass is 9.70. The average Bonchev–Trinajstić information content (AvgIpc) is 2.63. The number of rotatable bonds is 8. The van der Waals surface area contributed by atoms with Gasteiger partial charge < -0.3 is 9.64 Å². The molecule has 0 aliphatic carbocycles. The first kappa shape index (κ1) is 18.4. The largest absolute Gasteiger partial charge is 0.497 e. The van der Waals surface area contributed by atoms with Gasteiger partial charge in [-0.25, -0.2) is 0 Å². The predicted molar refractivity (Wildman–Crippen MR) is 103 cm³/mol. The standard InChI is InChI=1S/C21H26N2O3/c1-3-12-21(18-5-4-6-20(14-18)26-2)15-22(16-21)13-11-17-7-9-19(10-8-17)23(24)25/h4-10,14H,3,11-13,15-16H2,1-2H3. The summed E-state index contributed by atoms with van der Waals surface area (Å²) in [5, 5.41) is 10.7. The molecule has 0 aromatic heterocycles. The normalized spacial score (nSPS) is 16.1. The zero-order chi connectivity index (χ0) is 18.6. The molecule has 0 amide bonds. The van der Waals surface area contributed by atoms with Gasteiger partial charge in [0.25, 0.3) is 5.69 Å². The van der Waals surface area contributed by atoms with Gasteiger partial charge in [-0.3, -0.25) is 10.1 Å². The second-order valence-corrected chi connectivity index (χ2v) is 7.15. The third-order valence-corrected chi connectivity index (χ3v) is 5.33. The lowest BCUT2D eigenvalue weighted by Crippen LogP contribution is -2.59. The van der Waals surface area contributed by atoms with Crippen molar-refractivity contribution in [2.75, 3.05) is 26.7 Å². The van der Waals surface area contributed by atoms with E-state index in [4.69, 9.17) is 4.74 Å². The van der Waals surface area contributed by atoms with Crippen LogP contribution in [0.1, 0.15) is 30.9 Å². The van der Waals surface area contributed by atoms with E-state index in [0.717, 1.165) is 43.8 Å². The lowest BCUT2D eigenvalue weighted by molar-refractivity contribution is -0.384. The predicted octanol–water partition coefficient (Wildman–Crippen LogP) is 4.20. The van der Waals surface area contributed by atoms with Crippen molar-refractivity contribution in [3.63, 3.8) is 0 Å². The van der Waals surface area contributed by atoms with Crippen LogP contribution in [0.2, 0.25) is 0 Å². The van der Waals surface area contributed by atoms with Crippen molar-refractivity contribution < 1.29 is 9.66 Å².